The molecule has 0 aliphatic carbocycles. The standard InChI is InChI=1S/C17H25ClO3S/c1-14(2)13-16(5-3-4-12-22(19,20)21)7-6-15-8-10-17(18)11-9-15/h6-11,14,16H,3-5,12-13H2,1-2H3,(H,19,20,21). The minimum Gasteiger partial charge on any atom is -0.286 e. The van der Waals surface area contributed by atoms with Gasteiger partial charge in [-0.15, -0.1) is 0 Å². The lowest BCUT2D eigenvalue weighted by molar-refractivity contribution is 0.436. The Labute approximate surface area is 139 Å². The van der Waals surface area contributed by atoms with Gasteiger partial charge < -0.3 is 0 Å². The van der Waals surface area contributed by atoms with E-state index in [4.69, 9.17) is 16.2 Å². The molecule has 1 aromatic carbocycles. The summed E-state index contributed by atoms with van der Waals surface area (Å²) >= 11 is 5.87. The Morgan fingerprint density at radius 1 is 1.18 bits per heavy atom. The van der Waals surface area contributed by atoms with Crippen LogP contribution in [-0.2, 0) is 10.1 Å². The van der Waals surface area contributed by atoms with Gasteiger partial charge in [0.2, 0.25) is 0 Å². The molecule has 1 unspecified atom stereocenters. The first-order chi connectivity index (χ1) is 10.3. The van der Waals surface area contributed by atoms with Crippen LogP contribution in [0.3, 0.4) is 0 Å². The van der Waals surface area contributed by atoms with Crippen LogP contribution in [0.15, 0.2) is 30.3 Å². The highest BCUT2D eigenvalue weighted by Crippen LogP contribution is 2.21. The molecule has 0 aliphatic heterocycles. The Balaban J connectivity index is 2.54. The molecule has 22 heavy (non-hydrogen) atoms. The van der Waals surface area contributed by atoms with Gasteiger partial charge in [-0.1, -0.05) is 56.2 Å². The van der Waals surface area contributed by atoms with E-state index in [1.165, 1.54) is 0 Å². The Morgan fingerprint density at radius 2 is 1.82 bits per heavy atom. The number of allylic oxidation sites excluding steroid dienone is 1. The van der Waals surface area contributed by atoms with Crippen molar-refractivity contribution in [1.29, 1.82) is 0 Å². The monoisotopic (exact) mass is 344 g/mol. The minimum atomic E-state index is -3.83. The second-order valence-corrected chi connectivity index (χ2v) is 8.09. The molecule has 0 fully saturated rings. The molecule has 0 bridgehead atoms. The Kier molecular flexibility index (Phi) is 8.15. The summed E-state index contributed by atoms with van der Waals surface area (Å²) in [6.45, 7) is 4.36. The highest BCUT2D eigenvalue weighted by atomic mass is 35.5. The number of benzene rings is 1. The van der Waals surface area contributed by atoms with Crippen LogP contribution in [-0.4, -0.2) is 18.7 Å². The van der Waals surface area contributed by atoms with Gasteiger partial charge in [0.1, 0.15) is 0 Å². The van der Waals surface area contributed by atoms with Crippen LogP contribution in [0.4, 0.5) is 0 Å². The molecule has 0 saturated carbocycles. The van der Waals surface area contributed by atoms with Crippen molar-refractivity contribution in [1.82, 2.24) is 0 Å². The molecular formula is C17H25ClO3S. The number of halogens is 1. The van der Waals surface area contributed by atoms with Crippen LogP contribution in [0, 0.1) is 11.8 Å². The Morgan fingerprint density at radius 3 is 2.36 bits per heavy atom. The summed E-state index contributed by atoms with van der Waals surface area (Å²) in [5, 5.41) is 0.723. The van der Waals surface area contributed by atoms with Crippen LogP contribution >= 0.6 is 11.6 Å². The zero-order valence-electron chi connectivity index (χ0n) is 13.2. The van der Waals surface area contributed by atoms with Gasteiger partial charge in [0.05, 0.1) is 5.75 Å². The van der Waals surface area contributed by atoms with Crippen molar-refractivity contribution in [3.8, 4) is 0 Å². The van der Waals surface area contributed by atoms with Crippen molar-refractivity contribution in [2.75, 3.05) is 5.75 Å². The summed E-state index contributed by atoms with van der Waals surface area (Å²) < 4.78 is 30.2. The van der Waals surface area contributed by atoms with Crippen LogP contribution in [0.25, 0.3) is 6.08 Å². The minimum absolute atomic E-state index is 0.150. The van der Waals surface area contributed by atoms with E-state index in [-0.39, 0.29) is 5.75 Å². The Hall–Kier alpha value is -0.840. The quantitative estimate of drug-likeness (QED) is 0.502. The SMILES string of the molecule is CC(C)CC(C=Cc1ccc(Cl)cc1)CCCCS(=O)(=O)O. The predicted octanol–water partition coefficient (Wildman–Crippen LogP) is 5.07. The van der Waals surface area contributed by atoms with E-state index in [9.17, 15) is 8.42 Å². The van der Waals surface area contributed by atoms with Gasteiger partial charge in [-0.05, 0) is 48.8 Å². The summed E-state index contributed by atoms with van der Waals surface area (Å²) in [7, 11) is -3.83. The smallest absolute Gasteiger partial charge is 0.264 e. The molecule has 3 nitrogen and oxygen atoms in total. The fraction of sp³-hybridized carbons (Fsp3) is 0.529. The summed E-state index contributed by atoms with van der Waals surface area (Å²) in [5.41, 5.74) is 1.11. The average Bonchev–Trinajstić information content (AvgIpc) is 2.40. The molecule has 1 aromatic rings. The third-order valence-electron chi connectivity index (χ3n) is 3.43. The number of hydrogen-bond donors (Lipinski definition) is 1. The van der Waals surface area contributed by atoms with Crippen LogP contribution in [0.2, 0.25) is 5.02 Å². The molecule has 0 aromatic heterocycles. The fourth-order valence-corrected chi connectivity index (χ4v) is 3.11. The lowest BCUT2D eigenvalue weighted by Crippen LogP contribution is -2.06. The second-order valence-electron chi connectivity index (χ2n) is 6.08. The van der Waals surface area contributed by atoms with E-state index in [2.05, 4.69) is 26.0 Å². The van der Waals surface area contributed by atoms with Gasteiger partial charge in [-0.25, -0.2) is 0 Å². The molecule has 0 aliphatic rings. The van der Waals surface area contributed by atoms with Gasteiger partial charge in [0.25, 0.3) is 10.1 Å². The van der Waals surface area contributed by atoms with Crippen molar-refractivity contribution in [2.24, 2.45) is 11.8 Å². The summed E-state index contributed by atoms with van der Waals surface area (Å²) in [6, 6.07) is 7.68. The third-order valence-corrected chi connectivity index (χ3v) is 4.49. The highest BCUT2D eigenvalue weighted by Gasteiger charge is 2.09. The van der Waals surface area contributed by atoms with E-state index in [1.807, 2.05) is 24.3 Å². The Bertz CT molecular complexity index is 562. The van der Waals surface area contributed by atoms with E-state index < -0.39 is 10.1 Å². The molecule has 0 radical (unpaired) electrons. The zero-order chi connectivity index (χ0) is 16.6. The second kappa shape index (κ2) is 9.33. The van der Waals surface area contributed by atoms with Crippen molar-refractivity contribution < 1.29 is 13.0 Å². The predicted molar refractivity (Wildman–Crippen MR) is 93.7 cm³/mol. The topological polar surface area (TPSA) is 54.4 Å². The van der Waals surface area contributed by atoms with Crippen LogP contribution < -0.4 is 0 Å². The molecule has 0 spiro atoms. The maximum Gasteiger partial charge on any atom is 0.264 e. The fourth-order valence-electron chi connectivity index (χ4n) is 2.41. The van der Waals surface area contributed by atoms with E-state index in [0.29, 0.717) is 18.3 Å². The lowest BCUT2D eigenvalue weighted by atomic mass is 9.91. The van der Waals surface area contributed by atoms with Gasteiger partial charge in [-0.2, -0.15) is 8.42 Å². The number of unbranched alkanes of at least 4 members (excludes halogenated alkanes) is 1. The van der Waals surface area contributed by atoms with Crippen molar-refractivity contribution in [3.05, 3.63) is 40.9 Å². The molecule has 0 amide bonds. The lowest BCUT2D eigenvalue weighted by Gasteiger charge is -2.15. The largest absolute Gasteiger partial charge is 0.286 e. The molecule has 1 N–H and O–H groups in total. The molecule has 1 rings (SSSR count). The number of rotatable bonds is 9. The molecule has 1 atom stereocenters. The molecule has 0 heterocycles. The molecule has 5 heteroatoms. The van der Waals surface area contributed by atoms with Gasteiger partial charge in [0.15, 0.2) is 0 Å². The van der Waals surface area contributed by atoms with Gasteiger partial charge in [-0.3, -0.25) is 4.55 Å². The maximum atomic E-state index is 10.7. The first kappa shape index (κ1) is 19.2. The van der Waals surface area contributed by atoms with Gasteiger partial charge >= 0.3 is 0 Å². The van der Waals surface area contributed by atoms with E-state index in [1.54, 1.807) is 0 Å². The first-order valence-corrected chi connectivity index (χ1v) is 9.64. The third kappa shape index (κ3) is 9.23. The summed E-state index contributed by atoms with van der Waals surface area (Å²) in [6.07, 6.45) is 7.57. The van der Waals surface area contributed by atoms with Gasteiger partial charge in [0, 0.05) is 5.02 Å². The normalized spacial score (nSPS) is 13.9. The van der Waals surface area contributed by atoms with E-state index in [0.717, 1.165) is 29.8 Å². The highest BCUT2D eigenvalue weighted by molar-refractivity contribution is 7.85. The first-order valence-electron chi connectivity index (χ1n) is 7.65. The maximum absolute atomic E-state index is 10.7. The average molecular weight is 345 g/mol. The van der Waals surface area contributed by atoms with Crippen LogP contribution in [0.5, 0.6) is 0 Å². The zero-order valence-corrected chi connectivity index (χ0v) is 14.8. The molecule has 124 valence electrons. The van der Waals surface area contributed by atoms with E-state index >= 15 is 0 Å². The molecule has 0 saturated heterocycles. The summed E-state index contributed by atoms with van der Waals surface area (Å²) in [4.78, 5) is 0. The molecular weight excluding hydrogens is 320 g/mol. The van der Waals surface area contributed by atoms with Crippen LogP contribution in [0.1, 0.15) is 45.1 Å². The van der Waals surface area contributed by atoms with Crippen molar-refractivity contribution in [3.63, 3.8) is 0 Å². The number of hydrogen-bond acceptors (Lipinski definition) is 2. The van der Waals surface area contributed by atoms with Crippen molar-refractivity contribution in [2.45, 2.75) is 39.5 Å². The van der Waals surface area contributed by atoms with Crippen molar-refractivity contribution >= 4 is 27.8 Å². The summed E-state index contributed by atoms with van der Waals surface area (Å²) in [5.74, 6) is 0.848.